The molecule has 90 valence electrons. The first-order valence-corrected chi connectivity index (χ1v) is 6.48. The molecule has 2 aromatic rings. The van der Waals surface area contributed by atoms with E-state index in [0.717, 1.165) is 47.0 Å². The van der Waals surface area contributed by atoms with Crippen LogP contribution in [0.1, 0.15) is 6.42 Å². The van der Waals surface area contributed by atoms with Gasteiger partial charge in [-0.25, -0.2) is 0 Å². The van der Waals surface area contributed by atoms with E-state index in [9.17, 15) is 0 Å². The van der Waals surface area contributed by atoms with E-state index in [-0.39, 0.29) is 0 Å². The highest BCUT2D eigenvalue weighted by atomic mass is 35.5. The maximum Gasteiger partial charge on any atom is 0.178 e. The summed E-state index contributed by atoms with van der Waals surface area (Å²) in [5.41, 5.74) is 2.12. The molecule has 3 nitrogen and oxygen atoms in total. The fraction of sp³-hybridized carbons (Fsp3) is 0.417. The van der Waals surface area contributed by atoms with Crippen molar-refractivity contribution in [3.8, 4) is 0 Å². The van der Waals surface area contributed by atoms with E-state index in [0.29, 0.717) is 5.92 Å². The Kier molecular flexibility index (Phi) is 2.94. The van der Waals surface area contributed by atoms with Gasteiger partial charge < -0.3 is 14.3 Å². The number of halogens is 1. The molecule has 0 saturated carbocycles. The topological polar surface area (TPSA) is 29.9 Å². The predicted molar refractivity (Wildman–Crippen MR) is 71.1 cm³/mol. The summed E-state index contributed by atoms with van der Waals surface area (Å²) in [5.74, 6) is 0.555. The molecule has 1 saturated heterocycles. The van der Waals surface area contributed by atoms with Gasteiger partial charge >= 0.3 is 0 Å². The van der Waals surface area contributed by atoms with Crippen molar-refractivity contribution in [2.45, 2.75) is 13.0 Å². The van der Waals surface area contributed by atoms with Crippen LogP contribution in [0.15, 0.2) is 18.2 Å². The summed E-state index contributed by atoms with van der Waals surface area (Å²) in [4.78, 5) is 3.21. The van der Waals surface area contributed by atoms with E-state index >= 15 is 0 Å². The lowest BCUT2D eigenvalue weighted by Crippen LogP contribution is -2.10. The minimum absolute atomic E-state index is 0.555. The van der Waals surface area contributed by atoms with Crippen LogP contribution in [0.25, 0.3) is 11.0 Å². The highest BCUT2D eigenvalue weighted by Gasteiger charge is 2.17. The summed E-state index contributed by atoms with van der Waals surface area (Å²) >= 11 is 11.4. The molecule has 2 heterocycles. The van der Waals surface area contributed by atoms with Crippen molar-refractivity contribution < 1.29 is 4.74 Å². The third-order valence-corrected chi connectivity index (χ3v) is 3.76. The van der Waals surface area contributed by atoms with Gasteiger partial charge in [0.2, 0.25) is 0 Å². The Bertz CT molecular complexity index is 598. The number of hydrogen-bond donors (Lipinski definition) is 1. The fourth-order valence-electron chi connectivity index (χ4n) is 2.29. The summed E-state index contributed by atoms with van der Waals surface area (Å²) in [6.45, 7) is 2.59. The lowest BCUT2D eigenvalue weighted by molar-refractivity contribution is 0.182. The molecule has 1 aromatic heterocycles. The number of nitrogens with zero attached hydrogens (tertiary/aromatic N) is 1. The molecule has 17 heavy (non-hydrogen) atoms. The fourth-order valence-corrected chi connectivity index (χ4v) is 2.74. The van der Waals surface area contributed by atoms with E-state index in [1.165, 1.54) is 0 Å². The SMILES string of the molecule is S=c1[nH]c2ccc(Cl)cc2n1CC1CCOC1. The predicted octanol–water partition coefficient (Wildman–Crippen LogP) is 3.39. The lowest BCUT2D eigenvalue weighted by Gasteiger charge is -2.09. The number of aromatic nitrogens is 2. The number of H-pyrrole nitrogens is 1. The number of hydrogen-bond acceptors (Lipinski definition) is 2. The number of aromatic amines is 1. The van der Waals surface area contributed by atoms with E-state index in [2.05, 4.69) is 9.55 Å². The minimum atomic E-state index is 0.555. The Hall–Kier alpha value is -0.840. The molecule has 5 heteroatoms. The summed E-state index contributed by atoms with van der Waals surface area (Å²) < 4.78 is 8.28. The Morgan fingerprint density at radius 3 is 3.18 bits per heavy atom. The van der Waals surface area contributed by atoms with E-state index in [1.807, 2.05) is 18.2 Å². The first-order chi connectivity index (χ1) is 8.24. The second-order valence-corrected chi connectivity index (χ2v) is 5.25. The van der Waals surface area contributed by atoms with Crippen molar-refractivity contribution in [1.29, 1.82) is 0 Å². The van der Waals surface area contributed by atoms with Crippen molar-refractivity contribution in [1.82, 2.24) is 9.55 Å². The van der Waals surface area contributed by atoms with Crippen LogP contribution in [0.5, 0.6) is 0 Å². The Morgan fingerprint density at radius 1 is 1.53 bits per heavy atom. The van der Waals surface area contributed by atoms with E-state index in [4.69, 9.17) is 28.6 Å². The number of rotatable bonds is 2. The number of benzene rings is 1. The summed E-state index contributed by atoms with van der Waals surface area (Å²) in [7, 11) is 0. The van der Waals surface area contributed by atoms with Crippen LogP contribution in [-0.4, -0.2) is 22.8 Å². The molecular weight excluding hydrogens is 256 g/mol. The van der Waals surface area contributed by atoms with Crippen LogP contribution >= 0.6 is 23.8 Å². The zero-order chi connectivity index (χ0) is 11.8. The van der Waals surface area contributed by atoms with Gasteiger partial charge in [-0.1, -0.05) is 11.6 Å². The van der Waals surface area contributed by atoms with E-state index in [1.54, 1.807) is 0 Å². The molecule has 1 unspecified atom stereocenters. The normalized spacial score (nSPS) is 20.2. The number of fused-ring (bicyclic) bond motifs is 1. The van der Waals surface area contributed by atoms with Gasteiger partial charge in [0.1, 0.15) is 0 Å². The van der Waals surface area contributed by atoms with Gasteiger partial charge in [-0.15, -0.1) is 0 Å². The Morgan fingerprint density at radius 2 is 2.41 bits per heavy atom. The molecule has 3 rings (SSSR count). The summed E-state index contributed by atoms with van der Waals surface area (Å²) in [5, 5.41) is 0.739. The Balaban J connectivity index is 2.04. The highest BCUT2D eigenvalue weighted by Crippen LogP contribution is 2.22. The van der Waals surface area contributed by atoms with Crippen molar-refractivity contribution in [2.24, 2.45) is 5.92 Å². The Labute approximate surface area is 109 Å². The molecule has 0 amide bonds. The molecule has 1 aliphatic heterocycles. The number of imidazole rings is 1. The van der Waals surface area contributed by atoms with Gasteiger partial charge in [0.05, 0.1) is 17.6 Å². The molecule has 1 atom stereocenters. The van der Waals surface area contributed by atoms with Crippen LogP contribution in [-0.2, 0) is 11.3 Å². The minimum Gasteiger partial charge on any atom is -0.381 e. The van der Waals surface area contributed by atoms with Gasteiger partial charge in [-0.05, 0) is 36.8 Å². The monoisotopic (exact) mass is 268 g/mol. The first-order valence-electron chi connectivity index (χ1n) is 5.70. The van der Waals surface area contributed by atoms with Gasteiger partial charge in [-0.3, -0.25) is 0 Å². The maximum atomic E-state index is 6.03. The lowest BCUT2D eigenvalue weighted by atomic mass is 10.1. The van der Waals surface area contributed by atoms with Crippen LogP contribution in [0.4, 0.5) is 0 Å². The second kappa shape index (κ2) is 4.44. The largest absolute Gasteiger partial charge is 0.381 e. The van der Waals surface area contributed by atoms with Crippen molar-refractivity contribution in [2.75, 3.05) is 13.2 Å². The summed E-state index contributed by atoms with van der Waals surface area (Å²) in [6, 6.07) is 5.80. The van der Waals surface area contributed by atoms with Crippen molar-refractivity contribution in [3.63, 3.8) is 0 Å². The van der Waals surface area contributed by atoms with Crippen LogP contribution in [0, 0.1) is 10.7 Å². The van der Waals surface area contributed by atoms with Gasteiger partial charge in [0, 0.05) is 24.1 Å². The van der Waals surface area contributed by atoms with Crippen molar-refractivity contribution in [3.05, 3.63) is 28.0 Å². The third-order valence-electron chi connectivity index (χ3n) is 3.20. The quantitative estimate of drug-likeness (QED) is 0.846. The molecular formula is C12H13ClN2OS. The maximum absolute atomic E-state index is 6.03. The molecule has 1 N–H and O–H groups in total. The molecule has 0 bridgehead atoms. The van der Waals surface area contributed by atoms with Crippen LogP contribution in [0.3, 0.4) is 0 Å². The highest BCUT2D eigenvalue weighted by molar-refractivity contribution is 7.71. The van der Waals surface area contributed by atoms with Gasteiger partial charge in [0.15, 0.2) is 4.77 Å². The molecule has 1 fully saturated rings. The average molecular weight is 269 g/mol. The zero-order valence-corrected chi connectivity index (χ0v) is 10.9. The van der Waals surface area contributed by atoms with E-state index < -0.39 is 0 Å². The summed E-state index contributed by atoms with van der Waals surface area (Å²) in [6.07, 6.45) is 1.11. The molecule has 0 radical (unpaired) electrons. The van der Waals surface area contributed by atoms with Crippen molar-refractivity contribution >= 4 is 34.9 Å². The zero-order valence-electron chi connectivity index (χ0n) is 9.28. The van der Waals surface area contributed by atoms with Crippen LogP contribution in [0.2, 0.25) is 5.02 Å². The number of ether oxygens (including phenoxy) is 1. The van der Waals surface area contributed by atoms with Gasteiger partial charge in [-0.2, -0.15) is 0 Å². The molecule has 0 aliphatic carbocycles. The third kappa shape index (κ3) is 2.12. The first kappa shape index (κ1) is 11.3. The molecule has 0 spiro atoms. The molecule has 1 aliphatic rings. The molecule has 1 aromatic carbocycles. The smallest absolute Gasteiger partial charge is 0.178 e. The average Bonchev–Trinajstić information content (AvgIpc) is 2.90. The second-order valence-electron chi connectivity index (χ2n) is 4.43. The number of nitrogens with one attached hydrogen (secondary N) is 1. The van der Waals surface area contributed by atoms with Crippen LogP contribution < -0.4 is 0 Å². The van der Waals surface area contributed by atoms with Gasteiger partial charge in [0.25, 0.3) is 0 Å². The standard InChI is InChI=1S/C12H13ClN2OS/c13-9-1-2-10-11(5-9)15(12(17)14-10)6-8-3-4-16-7-8/h1-2,5,8H,3-4,6-7H2,(H,14,17).